The van der Waals surface area contributed by atoms with Crippen molar-refractivity contribution in [2.75, 3.05) is 13.1 Å². The van der Waals surface area contributed by atoms with E-state index in [1.165, 1.54) is 6.07 Å². The van der Waals surface area contributed by atoms with E-state index in [0.29, 0.717) is 30.2 Å². The van der Waals surface area contributed by atoms with Crippen molar-refractivity contribution in [1.82, 2.24) is 10.6 Å². The van der Waals surface area contributed by atoms with Crippen LogP contribution in [0.15, 0.2) is 24.3 Å². The quantitative estimate of drug-likeness (QED) is 0.531. The number of phenols is 1. The molecule has 23 heavy (non-hydrogen) atoms. The van der Waals surface area contributed by atoms with E-state index in [0.717, 1.165) is 0 Å². The third kappa shape index (κ3) is 8.11. The average Bonchev–Trinajstić information content (AvgIpc) is 2.40. The van der Waals surface area contributed by atoms with Crippen molar-refractivity contribution in [2.45, 2.75) is 32.9 Å². The van der Waals surface area contributed by atoms with E-state index >= 15 is 0 Å². The third-order valence-corrected chi connectivity index (χ3v) is 3.12. The van der Waals surface area contributed by atoms with Gasteiger partial charge in [0.15, 0.2) is 0 Å². The molecule has 0 fully saturated rings. The summed E-state index contributed by atoms with van der Waals surface area (Å²) < 4.78 is 5.11. The minimum atomic E-state index is -0.504. The third-order valence-electron chi connectivity index (χ3n) is 2.61. The molecule has 0 saturated carbocycles. The molecule has 0 atom stereocenters. The lowest BCUT2D eigenvalue weighted by atomic mass is 10.2. The van der Waals surface area contributed by atoms with Gasteiger partial charge in [0, 0.05) is 30.2 Å². The van der Waals surface area contributed by atoms with Crippen molar-refractivity contribution >= 4 is 29.3 Å². The molecule has 1 amide bonds. The largest absolute Gasteiger partial charge is 0.506 e. The zero-order valence-electron chi connectivity index (χ0n) is 13.5. The highest BCUT2D eigenvalue weighted by Gasteiger charge is 2.14. The summed E-state index contributed by atoms with van der Waals surface area (Å²) in [4.78, 5) is 11.4. The van der Waals surface area contributed by atoms with Gasteiger partial charge in [0.05, 0.1) is 5.02 Å². The number of rotatable bonds is 6. The maximum atomic E-state index is 11.4. The lowest BCUT2D eigenvalue weighted by Crippen LogP contribution is -2.32. The Morgan fingerprint density at radius 1 is 1.26 bits per heavy atom. The molecule has 0 unspecified atom stereocenters. The van der Waals surface area contributed by atoms with Crippen molar-refractivity contribution in [2.24, 2.45) is 0 Å². The van der Waals surface area contributed by atoms with Gasteiger partial charge in [-0.15, -0.1) is 0 Å². The van der Waals surface area contributed by atoms with E-state index in [1.54, 1.807) is 6.07 Å². The van der Waals surface area contributed by atoms with Crippen LogP contribution in [-0.4, -0.2) is 29.9 Å². The van der Waals surface area contributed by atoms with Gasteiger partial charge in [0.2, 0.25) is 0 Å². The Labute approximate surface area is 146 Å². The number of halogens is 2. The summed E-state index contributed by atoms with van der Waals surface area (Å²) in [6, 6.07) is 3.15. The van der Waals surface area contributed by atoms with Crippen molar-refractivity contribution in [1.29, 1.82) is 0 Å². The normalized spacial score (nSPS) is 11.7. The number of hydrogen-bond acceptors (Lipinski definition) is 4. The van der Waals surface area contributed by atoms with Crippen molar-refractivity contribution in [3.05, 3.63) is 39.9 Å². The first-order valence-corrected chi connectivity index (χ1v) is 7.94. The number of nitrogens with one attached hydrogen (secondary N) is 2. The lowest BCUT2D eigenvalue weighted by Gasteiger charge is -2.19. The van der Waals surface area contributed by atoms with Crippen LogP contribution < -0.4 is 10.6 Å². The van der Waals surface area contributed by atoms with Crippen LogP contribution in [0.3, 0.4) is 0 Å². The second-order valence-corrected chi connectivity index (χ2v) is 6.72. The van der Waals surface area contributed by atoms with Gasteiger partial charge in [-0.05, 0) is 32.9 Å². The fourth-order valence-corrected chi connectivity index (χ4v) is 2.20. The van der Waals surface area contributed by atoms with E-state index in [-0.39, 0.29) is 10.8 Å². The van der Waals surface area contributed by atoms with Crippen LogP contribution in [0.2, 0.25) is 10.0 Å². The molecule has 1 aromatic rings. The van der Waals surface area contributed by atoms with Crippen LogP contribution >= 0.6 is 23.2 Å². The maximum Gasteiger partial charge on any atom is 0.407 e. The predicted octanol–water partition coefficient (Wildman–Crippen LogP) is 3.87. The highest BCUT2D eigenvalue weighted by molar-refractivity contribution is 6.35. The Hall–Kier alpha value is -1.43. The summed E-state index contributed by atoms with van der Waals surface area (Å²) in [5, 5.41) is 16.2. The van der Waals surface area contributed by atoms with Gasteiger partial charge in [-0.3, -0.25) is 0 Å². The summed E-state index contributed by atoms with van der Waals surface area (Å²) in [7, 11) is 0. The van der Waals surface area contributed by atoms with Crippen LogP contribution in [0, 0.1) is 0 Å². The standard InChI is InChI=1S/C16H22Cl2N2O3/c1-16(2,3)23-15(22)20-7-5-4-6-19-10-11-8-12(17)9-13(18)14(11)21/h4-5,8-9,19,21H,6-7,10H2,1-3H3,(H,20,22)/b5-4+. The molecule has 1 aromatic carbocycles. The number of phenolic OH excluding ortho intramolecular Hbond substituents is 1. The van der Waals surface area contributed by atoms with Crippen LogP contribution in [0.4, 0.5) is 4.79 Å². The number of hydrogen-bond donors (Lipinski definition) is 3. The highest BCUT2D eigenvalue weighted by Crippen LogP contribution is 2.30. The summed E-state index contributed by atoms with van der Waals surface area (Å²) in [5.41, 5.74) is 0.123. The molecule has 0 radical (unpaired) electrons. The first-order valence-electron chi connectivity index (χ1n) is 7.18. The molecular formula is C16H22Cl2N2O3. The predicted molar refractivity (Wildman–Crippen MR) is 93.2 cm³/mol. The molecule has 0 aliphatic carbocycles. The van der Waals surface area contributed by atoms with E-state index < -0.39 is 11.7 Å². The van der Waals surface area contributed by atoms with Gasteiger partial charge in [-0.1, -0.05) is 35.4 Å². The molecule has 1 rings (SSSR count). The van der Waals surface area contributed by atoms with Crippen molar-refractivity contribution in [3.8, 4) is 5.75 Å². The summed E-state index contributed by atoms with van der Waals surface area (Å²) in [5.74, 6) is 0.0270. The zero-order valence-corrected chi connectivity index (χ0v) is 15.0. The van der Waals surface area contributed by atoms with Crippen LogP contribution in [0.1, 0.15) is 26.3 Å². The summed E-state index contributed by atoms with van der Waals surface area (Å²) >= 11 is 11.7. The van der Waals surface area contributed by atoms with E-state index in [9.17, 15) is 9.90 Å². The van der Waals surface area contributed by atoms with E-state index in [1.807, 2.05) is 32.9 Å². The summed E-state index contributed by atoms with van der Waals surface area (Å²) in [6.07, 6.45) is 3.22. The zero-order chi connectivity index (χ0) is 17.5. The Morgan fingerprint density at radius 3 is 2.57 bits per heavy atom. The monoisotopic (exact) mass is 360 g/mol. The first-order chi connectivity index (χ1) is 10.7. The number of ether oxygens (including phenoxy) is 1. The SMILES string of the molecule is CC(C)(C)OC(=O)NC/C=C/CNCc1cc(Cl)cc(Cl)c1O. The minimum Gasteiger partial charge on any atom is -0.506 e. The van der Waals surface area contributed by atoms with Crippen molar-refractivity contribution in [3.63, 3.8) is 0 Å². The smallest absolute Gasteiger partial charge is 0.407 e. The molecule has 0 spiro atoms. The number of benzene rings is 1. The van der Waals surface area contributed by atoms with Gasteiger partial charge < -0.3 is 20.5 Å². The van der Waals surface area contributed by atoms with Gasteiger partial charge in [0.25, 0.3) is 0 Å². The van der Waals surface area contributed by atoms with Gasteiger partial charge >= 0.3 is 6.09 Å². The number of carbonyl (C=O) groups is 1. The number of amides is 1. The van der Waals surface area contributed by atoms with Crippen LogP contribution in [0.5, 0.6) is 5.75 Å². The molecule has 7 heteroatoms. The minimum absolute atomic E-state index is 0.0270. The van der Waals surface area contributed by atoms with Gasteiger partial charge in [-0.25, -0.2) is 4.79 Å². The fourth-order valence-electron chi connectivity index (χ4n) is 1.67. The molecule has 0 heterocycles. The lowest BCUT2D eigenvalue weighted by molar-refractivity contribution is 0.0534. The fraction of sp³-hybridized carbons (Fsp3) is 0.438. The van der Waals surface area contributed by atoms with Crippen LogP contribution in [0.25, 0.3) is 0 Å². The maximum absolute atomic E-state index is 11.4. The molecule has 0 aromatic heterocycles. The second-order valence-electron chi connectivity index (χ2n) is 5.88. The number of alkyl carbamates (subject to hydrolysis) is 1. The molecule has 0 saturated heterocycles. The topological polar surface area (TPSA) is 70.6 Å². The molecule has 0 aliphatic heterocycles. The van der Waals surface area contributed by atoms with Crippen molar-refractivity contribution < 1.29 is 14.6 Å². The summed E-state index contributed by atoms with van der Waals surface area (Å²) in [6.45, 7) is 6.80. The molecule has 5 nitrogen and oxygen atoms in total. The second kappa shape index (κ2) is 9.01. The van der Waals surface area contributed by atoms with Gasteiger partial charge in [0.1, 0.15) is 11.4 Å². The van der Waals surface area contributed by atoms with E-state index in [4.69, 9.17) is 27.9 Å². The van der Waals surface area contributed by atoms with Gasteiger partial charge in [-0.2, -0.15) is 0 Å². The highest BCUT2D eigenvalue weighted by atomic mass is 35.5. The van der Waals surface area contributed by atoms with Crippen LogP contribution in [-0.2, 0) is 11.3 Å². The molecule has 3 N–H and O–H groups in total. The molecule has 0 aliphatic rings. The Kier molecular flexibility index (Phi) is 7.68. The molecular weight excluding hydrogens is 339 g/mol. The Morgan fingerprint density at radius 2 is 1.91 bits per heavy atom. The Balaban J connectivity index is 2.26. The Bertz CT molecular complexity index is 569. The number of aromatic hydroxyl groups is 1. The average molecular weight is 361 g/mol. The number of carbonyl (C=O) groups excluding carboxylic acids is 1. The molecule has 128 valence electrons. The first kappa shape index (κ1) is 19.6. The van der Waals surface area contributed by atoms with E-state index in [2.05, 4.69) is 10.6 Å². The molecule has 0 bridgehead atoms.